The molecule has 1 aliphatic heterocycles. The molecule has 9 heavy (non-hydrogen) atoms. The first-order valence-corrected chi connectivity index (χ1v) is 2.65. The lowest BCUT2D eigenvalue weighted by molar-refractivity contribution is -0.150. The second-order valence-electron chi connectivity index (χ2n) is 1.60. The molecule has 0 aromatic rings. The highest BCUT2D eigenvalue weighted by molar-refractivity contribution is 6.37. The molecule has 0 amide bonds. The molecule has 0 N–H and O–H groups in total. The molecule has 1 rings (SSSR count). The summed E-state index contributed by atoms with van der Waals surface area (Å²) < 4.78 is 4.08. The SMILES string of the molecule is C=C1C(=O)OC(=O)C1Cl. The summed E-state index contributed by atoms with van der Waals surface area (Å²) in [6.45, 7) is 3.24. The van der Waals surface area contributed by atoms with Gasteiger partial charge in [0.2, 0.25) is 0 Å². The van der Waals surface area contributed by atoms with Crippen LogP contribution in [-0.2, 0) is 14.3 Å². The summed E-state index contributed by atoms with van der Waals surface area (Å²) in [7, 11) is 0. The van der Waals surface area contributed by atoms with E-state index in [2.05, 4.69) is 11.3 Å². The van der Waals surface area contributed by atoms with E-state index in [1.54, 1.807) is 0 Å². The van der Waals surface area contributed by atoms with E-state index >= 15 is 0 Å². The minimum atomic E-state index is -0.975. The molecule has 0 radical (unpaired) electrons. The summed E-state index contributed by atoms with van der Waals surface area (Å²) in [6, 6.07) is 0. The summed E-state index contributed by atoms with van der Waals surface area (Å²) in [4.78, 5) is 20.7. The standard InChI is InChI=1S/C5H3ClO3/c1-2-3(6)5(8)9-4(2)7/h3H,1H2. The molecule has 1 saturated heterocycles. The third-order valence-corrected chi connectivity index (χ3v) is 1.41. The Kier molecular flexibility index (Phi) is 1.29. The predicted molar refractivity (Wildman–Crippen MR) is 29.9 cm³/mol. The van der Waals surface area contributed by atoms with Crippen LogP contribution >= 0.6 is 11.6 Å². The van der Waals surface area contributed by atoms with Gasteiger partial charge in [-0.05, 0) is 0 Å². The highest BCUT2D eigenvalue weighted by Crippen LogP contribution is 2.18. The maximum Gasteiger partial charge on any atom is 0.343 e. The number of halogens is 1. The van der Waals surface area contributed by atoms with E-state index < -0.39 is 17.3 Å². The molecular weight excluding hydrogens is 144 g/mol. The van der Waals surface area contributed by atoms with Crippen molar-refractivity contribution in [2.24, 2.45) is 0 Å². The number of ether oxygens (including phenoxy) is 1. The van der Waals surface area contributed by atoms with Crippen LogP contribution in [0, 0.1) is 0 Å². The highest BCUT2D eigenvalue weighted by Gasteiger charge is 2.35. The molecule has 0 spiro atoms. The van der Waals surface area contributed by atoms with Gasteiger partial charge in [-0.15, -0.1) is 11.6 Å². The van der Waals surface area contributed by atoms with Gasteiger partial charge in [0, 0.05) is 0 Å². The minimum absolute atomic E-state index is 0.0154. The highest BCUT2D eigenvalue weighted by atomic mass is 35.5. The quantitative estimate of drug-likeness (QED) is 0.213. The Labute approximate surface area is 56.2 Å². The van der Waals surface area contributed by atoms with Gasteiger partial charge in [0.25, 0.3) is 0 Å². The van der Waals surface area contributed by atoms with Gasteiger partial charge in [-0.25, -0.2) is 9.59 Å². The Morgan fingerprint density at radius 1 is 1.56 bits per heavy atom. The van der Waals surface area contributed by atoms with Crippen molar-refractivity contribution in [3.63, 3.8) is 0 Å². The zero-order valence-electron chi connectivity index (χ0n) is 4.39. The number of hydrogen-bond acceptors (Lipinski definition) is 3. The molecule has 0 bridgehead atoms. The van der Waals surface area contributed by atoms with Crippen molar-refractivity contribution in [1.29, 1.82) is 0 Å². The maximum absolute atomic E-state index is 10.4. The second-order valence-corrected chi connectivity index (χ2v) is 2.03. The summed E-state index contributed by atoms with van der Waals surface area (Å²) in [6.07, 6.45) is 0. The fraction of sp³-hybridized carbons (Fsp3) is 0.200. The first kappa shape index (κ1) is 6.29. The number of hydrogen-bond donors (Lipinski definition) is 0. The lowest BCUT2D eigenvalue weighted by Crippen LogP contribution is -2.06. The maximum atomic E-state index is 10.4. The molecule has 0 aliphatic carbocycles. The van der Waals surface area contributed by atoms with Crippen LogP contribution < -0.4 is 0 Å². The second kappa shape index (κ2) is 1.84. The van der Waals surface area contributed by atoms with Crippen molar-refractivity contribution >= 4 is 23.5 Å². The molecule has 1 fully saturated rings. The van der Waals surface area contributed by atoms with E-state index in [4.69, 9.17) is 11.6 Å². The zero-order valence-corrected chi connectivity index (χ0v) is 5.14. The fourth-order valence-corrected chi connectivity index (χ4v) is 0.588. The van der Waals surface area contributed by atoms with E-state index in [1.807, 2.05) is 0 Å². The monoisotopic (exact) mass is 146 g/mol. The van der Waals surface area contributed by atoms with Crippen LogP contribution in [0.2, 0.25) is 0 Å². The summed E-state index contributed by atoms with van der Waals surface area (Å²) in [5, 5.41) is -0.975. The van der Waals surface area contributed by atoms with Gasteiger partial charge in [0.1, 0.15) is 0 Å². The van der Waals surface area contributed by atoms with Gasteiger partial charge < -0.3 is 4.74 Å². The van der Waals surface area contributed by atoms with E-state index in [0.29, 0.717) is 0 Å². The van der Waals surface area contributed by atoms with Crippen molar-refractivity contribution in [1.82, 2.24) is 0 Å². The van der Waals surface area contributed by atoms with Crippen LogP contribution in [0.1, 0.15) is 0 Å². The van der Waals surface area contributed by atoms with Gasteiger partial charge in [-0.3, -0.25) is 0 Å². The molecule has 1 heterocycles. The minimum Gasteiger partial charge on any atom is -0.388 e. The van der Waals surface area contributed by atoms with Gasteiger partial charge in [0.05, 0.1) is 5.57 Å². The first-order chi connectivity index (χ1) is 4.13. The van der Waals surface area contributed by atoms with Crippen molar-refractivity contribution in [2.45, 2.75) is 5.38 Å². The largest absolute Gasteiger partial charge is 0.388 e. The molecule has 1 atom stereocenters. The Bertz CT molecular complexity index is 196. The average Bonchev–Trinajstić information content (AvgIpc) is 1.98. The Morgan fingerprint density at radius 2 is 2.11 bits per heavy atom. The van der Waals surface area contributed by atoms with Crippen molar-refractivity contribution < 1.29 is 14.3 Å². The number of alkyl halides is 1. The average molecular weight is 147 g/mol. The number of cyclic esters (lactones) is 2. The Morgan fingerprint density at radius 3 is 2.22 bits per heavy atom. The van der Waals surface area contributed by atoms with Crippen LogP contribution in [0.5, 0.6) is 0 Å². The van der Waals surface area contributed by atoms with E-state index in [-0.39, 0.29) is 5.57 Å². The summed E-state index contributed by atoms with van der Waals surface area (Å²) >= 11 is 5.31. The molecular formula is C5H3ClO3. The van der Waals surface area contributed by atoms with Crippen molar-refractivity contribution in [2.75, 3.05) is 0 Å². The number of esters is 2. The fourth-order valence-electron chi connectivity index (χ4n) is 0.454. The van der Waals surface area contributed by atoms with Crippen LogP contribution in [-0.4, -0.2) is 17.3 Å². The molecule has 3 nitrogen and oxygen atoms in total. The normalized spacial score (nSPS) is 26.8. The Balaban J connectivity index is 2.90. The third kappa shape index (κ3) is 0.833. The van der Waals surface area contributed by atoms with Crippen LogP contribution in [0.4, 0.5) is 0 Å². The molecule has 1 aliphatic rings. The van der Waals surface area contributed by atoms with Gasteiger partial charge >= 0.3 is 11.9 Å². The molecule has 4 heteroatoms. The molecule has 0 saturated carbocycles. The number of rotatable bonds is 0. The van der Waals surface area contributed by atoms with Gasteiger partial charge in [0.15, 0.2) is 5.38 Å². The van der Waals surface area contributed by atoms with Crippen molar-refractivity contribution in [3.05, 3.63) is 12.2 Å². The Hall–Kier alpha value is -0.830. The van der Waals surface area contributed by atoms with E-state index in [1.165, 1.54) is 0 Å². The molecule has 48 valence electrons. The predicted octanol–water partition coefficient (Wildman–Crippen LogP) is 0.233. The lowest BCUT2D eigenvalue weighted by Gasteiger charge is -1.86. The lowest BCUT2D eigenvalue weighted by atomic mass is 10.2. The molecule has 0 aromatic heterocycles. The van der Waals surface area contributed by atoms with Gasteiger partial charge in [-0.2, -0.15) is 0 Å². The zero-order chi connectivity index (χ0) is 7.02. The van der Waals surface area contributed by atoms with Crippen LogP contribution in [0.15, 0.2) is 12.2 Å². The molecule has 1 unspecified atom stereocenters. The van der Waals surface area contributed by atoms with E-state index in [0.717, 1.165) is 0 Å². The van der Waals surface area contributed by atoms with Crippen molar-refractivity contribution in [3.8, 4) is 0 Å². The van der Waals surface area contributed by atoms with E-state index in [9.17, 15) is 9.59 Å². The summed E-state index contributed by atoms with van der Waals surface area (Å²) in [5.74, 6) is -1.45. The van der Waals surface area contributed by atoms with Crippen LogP contribution in [0.3, 0.4) is 0 Å². The topological polar surface area (TPSA) is 43.4 Å². The summed E-state index contributed by atoms with van der Waals surface area (Å²) in [5.41, 5.74) is 0.0154. The van der Waals surface area contributed by atoms with Crippen LogP contribution in [0.25, 0.3) is 0 Å². The third-order valence-electron chi connectivity index (χ3n) is 0.968. The first-order valence-electron chi connectivity index (χ1n) is 2.22. The van der Waals surface area contributed by atoms with Gasteiger partial charge in [-0.1, -0.05) is 6.58 Å². The smallest absolute Gasteiger partial charge is 0.343 e. The number of carbonyl (C=O) groups excluding carboxylic acids is 2. The molecule has 0 aromatic carbocycles. The number of carbonyl (C=O) groups is 2.